The molecule has 1 unspecified atom stereocenters. The maximum absolute atomic E-state index is 12.6. The van der Waals surface area contributed by atoms with Gasteiger partial charge < -0.3 is 4.74 Å². The van der Waals surface area contributed by atoms with Gasteiger partial charge in [0.15, 0.2) is 11.8 Å². The SMILES string of the molecule is Cc1cccc(OC(C)C(=O)NNC(=O)c2cc3cnn(C(C)C)c3nc2C)c1C. The van der Waals surface area contributed by atoms with Crippen molar-refractivity contribution < 1.29 is 14.3 Å². The molecular formula is C22H27N5O3. The maximum atomic E-state index is 12.6. The number of carbonyl (C=O) groups is 2. The fourth-order valence-corrected chi connectivity index (χ4v) is 3.06. The Morgan fingerprint density at radius 3 is 2.53 bits per heavy atom. The van der Waals surface area contributed by atoms with Gasteiger partial charge in [0, 0.05) is 11.4 Å². The van der Waals surface area contributed by atoms with Gasteiger partial charge in [-0.05, 0) is 64.8 Å². The van der Waals surface area contributed by atoms with Crippen LogP contribution in [0.4, 0.5) is 0 Å². The van der Waals surface area contributed by atoms with E-state index in [1.807, 2.05) is 45.9 Å². The van der Waals surface area contributed by atoms with E-state index in [2.05, 4.69) is 20.9 Å². The number of rotatable bonds is 5. The number of hydrogen-bond acceptors (Lipinski definition) is 5. The van der Waals surface area contributed by atoms with E-state index in [0.717, 1.165) is 22.2 Å². The first kappa shape index (κ1) is 21.3. The Labute approximate surface area is 175 Å². The van der Waals surface area contributed by atoms with E-state index in [1.54, 1.807) is 30.8 Å². The third-order valence-electron chi connectivity index (χ3n) is 5.02. The van der Waals surface area contributed by atoms with Gasteiger partial charge in [-0.25, -0.2) is 9.67 Å². The average Bonchev–Trinajstić information content (AvgIpc) is 3.11. The molecule has 0 aliphatic heterocycles. The Balaban J connectivity index is 1.66. The van der Waals surface area contributed by atoms with Gasteiger partial charge in [0.25, 0.3) is 11.8 Å². The van der Waals surface area contributed by atoms with Crippen LogP contribution in [-0.4, -0.2) is 32.7 Å². The Bertz CT molecular complexity index is 1100. The molecule has 0 aliphatic rings. The molecule has 158 valence electrons. The van der Waals surface area contributed by atoms with Gasteiger partial charge in [0.2, 0.25) is 0 Å². The second kappa shape index (κ2) is 8.52. The van der Waals surface area contributed by atoms with Gasteiger partial charge in [0.1, 0.15) is 5.75 Å². The summed E-state index contributed by atoms with van der Waals surface area (Å²) in [6.07, 6.45) is 0.897. The molecule has 0 radical (unpaired) electrons. The van der Waals surface area contributed by atoms with Gasteiger partial charge in [-0.3, -0.25) is 20.4 Å². The Morgan fingerprint density at radius 2 is 1.83 bits per heavy atom. The van der Waals surface area contributed by atoms with E-state index in [-0.39, 0.29) is 6.04 Å². The number of amides is 2. The molecule has 0 saturated carbocycles. The fraction of sp³-hybridized carbons (Fsp3) is 0.364. The van der Waals surface area contributed by atoms with Crippen LogP contribution in [0.15, 0.2) is 30.5 Å². The van der Waals surface area contributed by atoms with Crippen molar-refractivity contribution in [2.24, 2.45) is 0 Å². The molecule has 3 aromatic rings. The minimum atomic E-state index is -0.781. The molecule has 1 atom stereocenters. The van der Waals surface area contributed by atoms with Gasteiger partial charge in [-0.2, -0.15) is 5.10 Å². The van der Waals surface area contributed by atoms with Crippen LogP contribution in [0.5, 0.6) is 5.75 Å². The lowest BCUT2D eigenvalue weighted by molar-refractivity contribution is -0.128. The van der Waals surface area contributed by atoms with E-state index in [4.69, 9.17) is 4.74 Å². The summed E-state index contributed by atoms with van der Waals surface area (Å²) in [6.45, 7) is 11.3. The summed E-state index contributed by atoms with van der Waals surface area (Å²) in [5, 5.41) is 5.08. The maximum Gasteiger partial charge on any atom is 0.279 e. The third kappa shape index (κ3) is 4.27. The van der Waals surface area contributed by atoms with Crippen molar-refractivity contribution in [2.75, 3.05) is 0 Å². The quantitative estimate of drug-likeness (QED) is 0.631. The summed E-state index contributed by atoms with van der Waals surface area (Å²) in [6, 6.07) is 7.54. The van der Waals surface area contributed by atoms with Gasteiger partial charge in [0.05, 0.1) is 17.5 Å². The van der Waals surface area contributed by atoms with Crippen molar-refractivity contribution in [1.82, 2.24) is 25.6 Å². The number of benzene rings is 1. The van der Waals surface area contributed by atoms with Crippen molar-refractivity contribution >= 4 is 22.8 Å². The summed E-state index contributed by atoms with van der Waals surface area (Å²) in [5.74, 6) is -0.272. The smallest absolute Gasteiger partial charge is 0.279 e. The molecule has 0 aliphatic carbocycles. The minimum Gasteiger partial charge on any atom is -0.481 e. The molecule has 8 heteroatoms. The topological polar surface area (TPSA) is 98.1 Å². The monoisotopic (exact) mass is 409 g/mol. The molecule has 0 saturated heterocycles. The lowest BCUT2D eigenvalue weighted by atomic mass is 10.1. The van der Waals surface area contributed by atoms with Crippen molar-refractivity contribution in [2.45, 2.75) is 53.7 Å². The molecular weight excluding hydrogens is 382 g/mol. The Hall–Kier alpha value is -3.42. The predicted octanol–water partition coefficient (Wildman–Crippen LogP) is 3.17. The van der Waals surface area contributed by atoms with Crippen LogP contribution in [0.3, 0.4) is 0 Å². The number of hydrogen-bond donors (Lipinski definition) is 2. The van der Waals surface area contributed by atoms with Crippen LogP contribution in [0.1, 0.15) is 54.0 Å². The molecule has 3 rings (SSSR count). The van der Waals surface area contributed by atoms with Crippen molar-refractivity contribution in [1.29, 1.82) is 0 Å². The van der Waals surface area contributed by atoms with E-state index >= 15 is 0 Å². The molecule has 0 bridgehead atoms. The van der Waals surface area contributed by atoms with Gasteiger partial charge in [-0.15, -0.1) is 0 Å². The molecule has 8 nitrogen and oxygen atoms in total. The number of pyridine rings is 1. The summed E-state index contributed by atoms with van der Waals surface area (Å²) in [7, 11) is 0. The molecule has 2 N–H and O–H groups in total. The number of fused-ring (bicyclic) bond motifs is 1. The Kier molecular flexibility index (Phi) is 6.05. The lowest BCUT2D eigenvalue weighted by Crippen LogP contribution is -2.47. The first-order valence-electron chi connectivity index (χ1n) is 9.87. The summed E-state index contributed by atoms with van der Waals surface area (Å²) < 4.78 is 7.55. The predicted molar refractivity (Wildman–Crippen MR) is 114 cm³/mol. The zero-order valence-corrected chi connectivity index (χ0v) is 18.1. The average molecular weight is 409 g/mol. The van der Waals surface area contributed by atoms with Crippen LogP contribution in [-0.2, 0) is 4.79 Å². The normalized spacial score (nSPS) is 12.1. The van der Waals surface area contributed by atoms with E-state index in [9.17, 15) is 9.59 Å². The van der Waals surface area contributed by atoms with Gasteiger partial charge >= 0.3 is 0 Å². The largest absolute Gasteiger partial charge is 0.481 e. The number of aromatic nitrogens is 3. The number of hydrazine groups is 1. The first-order chi connectivity index (χ1) is 14.2. The van der Waals surface area contributed by atoms with Crippen LogP contribution < -0.4 is 15.6 Å². The molecule has 2 aromatic heterocycles. The van der Waals surface area contributed by atoms with Crippen molar-refractivity contribution in [3.63, 3.8) is 0 Å². The highest BCUT2D eigenvalue weighted by atomic mass is 16.5. The summed E-state index contributed by atoms with van der Waals surface area (Å²) >= 11 is 0. The standard InChI is InChI=1S/C22H27N5O3/c1-12(2)27-20-17(11-23-27)10-18(15(5)24-20)22(29)26-25-21(28)16(6)30-19-9-7-8-13(3)14(19)4/h7-12,16H,1-6H3,(H,25,28)(H,26,29). The third-order valence-corrected chi connectivity index (χ3v) is 5.02. The van der Waals surface area contributed by atoms with Crippen LogP contribution in [0.25, 0.3) is 11.0 Å². The van der Waals surface area contributed by atoms with Gasteiger partial charge in [-0.1, -0.05) is 12.1 Å². The highest BCUT2D eigenvalue weighted by Crippen LogP contribution is 2.22. The van der Waals surface area contributed by atoms with Crippen molar-refractivity contribution in [3.8, 4) is 5.75 Å². The second-order valence-electron chi connectivity index (χ2n) is 7.62. The lowest BCUT2D eigenvalue weighted by Gasteiger charge is -2.17. The molecule has 30 heavy (non-hydrogen) atoms. The van der Waals surface area contributed by atoms with Crippen molar-refractivity contribution in [3.05, 3.63) is 52.8 Å². The molecule has 1 aromatic carbocycles. The first-order valence-corrected chi connectivity index (χ1v) is 9.87. The molecule has 0 spiro atoms. The minimum absolute atomic E-state index is 0.159. The van der Waals surface area contributed by atoms with Crippen LogP contribution >= 0.6 is 0 Å². The second-order valence-corrected chi connectivity index (χ2v) is 7.62. The van der Waals surface area contributed by atoms with E-state index in [1.165, 1.54) is 0 Å². The van der Waals surface area contributed by atoms with Crippen LogP contribution in [0, 0.1) is 20.8 Å². The Morgan fingerprint density at radius 1 is 1.10 bits per heavy atom. The molecule has 2 amide bonds. The summed E-state index contributed by atoms with van der Waals surface area (Å²) in [5.41, 5.74) is 8.55. The highest BCUT2D eigenvalue weighted by Gasteiger charge is 2.19. The highest BCUT2D eigenvalue weighted by molar-refractivity contribution is 5.99. The van der Waals surface area contributed by atoms with E-state index < -0.39 is 17.9 Å². The number of ether oxygens (including phenoxy) is 1. The number of nitrogens with one attached hydrogen (secondary N) is 2. The van der Waals surface area contributed by atoms with Crippen LogP contribution in [0.2, 0.25) is 0 Å². The number of aryl methyl sites for hydroxylation is 2. The fourth-order valence-electron chi connectivity index (χ4n) is 3.06. The zero-order valence-electron chi connectivity index (χ0n) is 18.1. The zero-order chi connectivity index (χ0) is 22.0. The summed E-state index contributed by atoms with van der Waals surface area (Å²) in [4.78, 5) is 29.5. The number of nitrogens with zero attached hydrogens (tertiary/aromatic N) is 3. The molecule has 2 heterocycles. The number of carbonyl (C=O) groups excluding carboxylic acids is 2. The molecule has 0 fully saturated rings. The van der Waals surface area contributed by atoms with E-state index in [0.29, 0.717) is 17.0 Å².